The average molecular weight is 516 g/mol. The molecule has 3 heterocycles. The number of para-hydroxylation sites is 1. The van der Waals surface area contributed by atoms with Gasteiger partial charge < -0.3 is 25.8 Å². The minimum Gasteiger partial charge on any atom is -0.368 e. The molecular formula is C30H41N7O. The summed E-state index contributed by atoms with van der Waals surface area (Å²) in [5, 5.41) is 11.0. The Morgan fingerprint density at radius 1 is 0.895 bits per heavy atom. The predicted molar refractivity (Wildman–Crippen MR) is 156 cm³/mol. The molecule has 5 rings (SSSR count). The summed E-state index contributed by atoms with van der Waals surface area (Å²) >= 11 is 0. The molecule has 0 spiro atoms. The molecule has 2 saturated heterocycles. The normalized spacial score (nSPS) is 17.1. The van der Waals surface area contributed by atoms with Crippen LogP contribution in [0.1, 0.15) is 50.5 Å². The first-order chi connectivity index (χ1) is 18.6. The van der Waals surface area contributed by atoms with Crippen molar-refractivity contribution in [1.29, 1.82) is 0 Å². The van der Waals surface area contributed by atoms with E-state index in [4.69, 9.17) is 9.97 Å². The van der Waals surface area contributed by atoms with E-state index in [1.165, 1.54) is 31.5 Å². The van der Waals surface area contributed by atoms with Crippen LogP contribution >= 0.6 is 0 Å². The van der Waals surface area contributed by atoms with E-state index in [-0.39, 0.29) is 5.91 Å². The van der Waals surface area contributed by atoms with Crippen LogP contribution in [-0.2, 0) is 4.79 Å². The molecular weight excluding hydrogens is 474 g/mol. The Kier molecular flexibility index (Phi) is 9.04. The Balaban J connectivity index is 1.08. The number of hydrogen-bond acceptors (Lipinski definition) is 7. The molecule has 3 N–H and O–H groups in total. The Morgan fingerprint density at radius 3 is 2.50 bits per heavy atom. The van der Waals surface area contributed by atoms with E-state index in [1.54, 1.807) is 6.92 Å². The first-order valence-corrected chi connectivity index (χ1v) is 14.2. The third kappa shape index (κ3) is 7.20. The van der Waals surface area contributed by atoms with Gasteiger partial charge in [-0.25, -0.2) is 4.98 Å². The van der Waals surface area contributed by atoms with Crippen molar-refractivity contribution in [2.24, 2.45) is 0 Å². The fraction of sp³-hybridized carbons (Fsp3) is 0.500. The van der Waals surface area contributed by atoms with Crippen LogP contribution in [0, 0.1) is 0 Å². The zero-order valence-electron chi connectivity index (χ0n) is 22.6. The highest BCUT2D eigenvalue weighted by molar-refractivity contribution is 5.90. The Morgan fingerprint density at radius 2 is 1.68 bits per heavy atom. The molecule has 0 bridgehead atoms. The van der Waals surface area contributed by atoms with Gasteiger partial charge >= 0.3 is 0 Å². The quantitative estimate of drug-likeness (QED) is 0.317. The van der Waals surface area contributed by atoms with Crippen molar-refractivity contribution in [3.05, 3.63) is 54.1 Å². The van der Waals surface area contributed by atoms with Crippen LogP contribution in [0.3, 0.4) is 0 Å². The number of nitrogens with zero attached hydrogens (tertiary/aromatic N) is 4. The number of rotatable bonds is 11. The third-order valence-electron chi connectivity index (χ3n) is 7.72. The number of nitrogens with one attached hydrogen (secondary N) is 3. The fourth-order valence-electron chi connectivity index (χ4n) is 5.70. The molecule has 8 heteroatoms. The van der Waals surface area contributed by atoms with Crippen LogP contribution in [0.15, 0.2) is 48.5 Å². The summed E-state index contributed by atoms with van der Waals surface area (Å²) in [6.07, 6.45) is 5.98. The molecule has 38 heavy (non-hydrogen) atoms. The van der Waals surface area contributed by atoms with Crippen molar-refractivity contribution in [1.82, 2.24) is 19.8 Å². The van der Waals surface area contributed by atoms with Crippen molar-refractivity contribution in [2.75, 3.05) is 68.3 Å². The fourth-order valence-corrected chi connectivity index (χ4v) is 5.70. The molecule has 1 amide bonds. The van der Waals surface area contributed by atoms with Gasteiger partial charge in [0.25, 0.3) is 0 Å². The van der Waals surface area contributed by atoms with Gasteiger partial charge in [-0.2, -0.15) is 4.98 Å². The van der Waals surface area contributed by atoms with Gasteiger partial charge in [-0.1, -0.05) is 24.3 Å². The molecule has 0 atom stereocenters. The van der Waals surface area contributed by atoms with Gasteiger partial charge in [-0.15, -0.1) is 0 Å². The monoisotopic (exact) mass is 515 g/mol. The minimum atomic E-state index is -0.0234. The lowest BCUT2D eigenvalue weighted by atomic mass is 9.89. The maximum Gasteiger partial charge on any atom is 0.225 e. The molecule has 2 aliphatic rings. The maximum atomic E-state index is 11.4. The van der Waals surface area contributed by atoms with Gasteiger partial charge in [-0.3, -0.25) is 4.79 Å². The first kappa shape index (κ1) is 26.4. The minimum absolute atomic E-state index is 0.0234. The van der Waals surface area contributed by atoms with Crippen LogP contribution in [0.25, 0.3) is 10.9 Å². The second-order valence-electron chi connectivity index (χ2n) is 10.6. The molecule has 2 fully saturated rings. The SMILES string of the molecule is CC(=O)Nc1cccc(C2CCN(CCCNc3nc(NCCN4CCCC4)c4ccccc4n3)CC2)c1. The number of piperidine rings is 1. The number of benzene rings is 2. The Bertz CT molecular complexity index is 1200. The molecule has 8 nitrogen and oxygen atoms in total. The van der Waals surface area contributed by atoms with Crippen LogP contribution in [0.5, 0.6) is 0 Å². The van der Waals surface area contributed by atoms with E-state index in [0.717, 1.165) is 80.9 Å². The zero-order valence-corrected chi connectivity index (χ0v) is 22.6. The number of fused-ring (bicyclic) bond motifs is 1. The van der Waals surface area contributed by atoms with Gasteiger partial charge in [0.15, 0.2) is 0 Å². The lowest BCUT2D eigenvalue weighted by Gasteiger charge is -2.32. The number of anilines is 3. The summed E-state index contributed by atoms with van der Waals surface area (Å²) in [7, 11) is 0. The molecule has 0 radical (unpaired) electrons. The summed E-state index contributed by atoms with van der Waals surface area (Å²) in [5.74, 6) is 2.15. The van der Waals surface area contributed by atoms with Crippen molar-refractivity contribution < 1.29 is 4.79 Å². The van der Waals surface area contributed by atoms with Crippen molar-refractivity contribution >= 4 is 34.3 Å². The summed E-state index contributed by atoms with van der Waals surface area (Å²) in [5.41, 5.74) is 3.19. The number of carbonyl (C=O) groups is 1. The van der Waals surface area contributed by atoms with E-state index >= 15 is 0 Å². The van der Waals surface area contributed by atoms with Crippen molar-refractivity contribution in [2.45, 2.75) is 44.9 Å². The van der Waals surface area contributed by atoms with Crippen LogP contribution in [-0.4, -0.2) is 78.0 Å². The van der Waals surface area contributed by atoms with Gasteiger partial charge in [0.1, 0.15) is 5.82 Å². The Hall–Kier alpha value is -3.23. The molecule has 202 valence electrons. The molecule has 0 saturated carbocycles. The molecule has 1 aromatic heterocycles. The molecule has 2 aromatic carbocycles. The van der Waals surface area contributed by atoms with Crippen molar-refractivity contribution in [3.63, 3.8) is 0 Å². The lowest BCUT2D eigenvalue weighted by Crippen LogP contribution is -2.34. The standard InChI is InChI=1S/C30H41N7O/c1-23(38)33-26-9-6-8-25(22-26)24-12-19-37(20-13-24)18-7-14-32-30-34-28-11-3-2-10-27(28)29(35-30)31-15-21-36-16-4-5-17-36/h2-3,6,8-11,22,24H,4-5,7,12-21H2,1H3,(H,33,38)(H2,31,32,34,35). The number of amides is 1. The summed E-state index contributed by atoms with van der Waals surface area (Å²) in [6, 6.07) is 16.6. The van der Waals surface area contributed by atoms with E-state index in [9.17, 15) is 4.79 Å². The summed E-state index contributed by atoms with van der Waals surface area (Å²) in [6.45, 7) is 10.1. The highest BCUT2D eigenvalue weighted by Crippen LogP contribution is 2.29. The molecule has 3 aromatic rings. The van der Waals surface area contributed by atoms with Crippen molar-refractivity contribution in [3.8, 4) is 0 Å². The second-order valence-corrected chi connectivity index (χ2v) is 10.6. The predicted octanol–water partition coefficient (Wildman–Crippen LogP) is 4.78. The number of carbonyl (C=O) groups excluding carboxylic acids is 1. The molecule has 0 unspecified atom stereocenters. The smallest absolute Gasteiger partial charge is 0.225 e. The highest BCUT2D eigenvalue weighted by Gasteiger charge is 2.20. The number of likely N-dealkylation sites (tertiary alicyclic amines) is 2. The molecule has 2 aliphatic heterocycles. The first-order valence-electron chi connectivity index (χ1n) is 14.2. The molecule has 0 aliphatic carbocycles. The van der Waals surface area contributed by atoms with E-state index in [2.05, 4.69) is 50.0 Å². The maximum absolute atomic E-state index is 11.4. The van der Waals surface area contributed by atoms with Gasteiger partial charge in [0, 0.05) is 37.6 Å². The van der Waals surface area contributed by atoms with Crippen LogP contribution in [0.4, 0.5) is 17.5 Å². The highest BCUT2D eigenvalue weighted by atomic mass is 16.1. The zero-order chi connectivity index (χ0) is 26.2. The van der Waals surface area contributed by atoms with Crippen LogP contribution < -0.4 is 16.0 Å². The third-order valence-corrected chi connectivity index (χ3v) is 7.72. The lowest BCUT2D eigenvalue weighted by molar-refractivity contribution is -0.114. The largest absolute Gasteiger partial charge is 0.368 e. The summed E-state index contributed by atoms with van der Waals surface area (Å²) in [4.78, 5) is 26.0. The second kappa shape index (κ2) is 13.0. The van der Waals surface area contributed by atoms with Crippen LogP contribution in [0.2, 0.25) is 0 Å². The Labute approximate surface area is 226 Å². The van der Waals surface area contributed by atoms with E-state index < -0.39 is 0 Å². The van der Waals surface area contributed by atoms with E-state index in [0.29, 0.717) is 11.9 Å². The number of aromatic nitrogens is 2. The summed E-state index contributed by atoms with van der Waals surface area (Å²) < 4.78 is 0. The van der Waals surface area contributed by atoms with Gasteiger partial charge in [0.05, 0.1) is 5.52 Å². The van der Waals surface area contributed by atoms with Gasteiger partial charge in [0.2, 0.25) is 11.9 Å². The van der Waals surface area contributed by atoms with E-state index in [1.807, 2.05) is 24.3 Å². The topological polar surface area (TPSA) is 85.4 Å². The number of hydrogen-bond donors (Lipinski definition) is 3. The average Bonchev–Trinajstić information content (AvgIpc) is 3.45. The van der Waals surface area contributed by atoms with Gasteiger partial charge in [-0.05, 0) is 101 Å².